The number of hydrogen-bond donors (Lipinski definition) is 0. The van der Waals surface area contributed by atoms with Gasteiger partial charge in [-0.3, -0.25) is 9.69 Å². The Kier molecular flexibility index (Phi) is 9.08. The molecule has 214 valence electrons. The number of sulfonamides is 1. The molecule has 1 amide bonds. The highest BCUT2D eigenvalue weighted by Gasteiger charge is 2.34. The van der Waals surface area contributed by atoms with E-state index in [0.29, 0.717) is 12.6 Å². The van der Waals surface area contributed by atoms with Crippen molar-refractivity contribution in [3.8, 4) is 5.75 Å². The lowest BCUT2D eigenvalue weighted by atomic mass is 10.0. The molecular weight excluding hydrogens is 516 g/mol. The van der Waals surface area contributed by atoms with Crippen molar-refractivity contribution < 1.29 is 22.7 Å². The van der Waals surface area contributed by atoms with Crippen LogP contribution in [0.1, 0.15) is 32.1 Å². The second-order valence-electron chi connectivity index (χ2n) is 11.1. The quantitative estimate of drug-likeness (QED) is 0.493. The highest BCUT2D eigenvalue weighted by Crippen LogP contribution is 2.29. The number of methoxy groups -OCH3 is 1. The lowest BCUT2D eigenvalue weighted by Crippen LogP contribution is -2.54. The fourth-order valence-corrected chi connectivity index (χ4v) is 7.87. The van der Waals surface area contributed by atoms with Crippen LogP contribution < -0.4 is 4.74 Å². The Morgan fingerprint density at radius 2 is 1.62 bits per heavy atom. The van der Waals surface area contributed by atoms with Gasteiger partial charge in [-0.25, -0.2) is 8.42 Å². The summed E-state index contributed by atoms with van der Waals surface area (Å²) >= 11 is 0. The van der Waals surface area contributed by atoms with Gasteiger partial charge in [-0.1, -0.05) is 18.6 Å². The van der Waals surface area contributed by atoms with Gasteiger partial charge in [-0.05, 0) is 80.9 Å². The lowest BCUT2D eigenvalue weighted by Gasteiger charge is -2.42. The van der Waals surface area contributed by atoms with E-state index < -0.39 is 10.0 Å². The van der Waals surface area contributed by atoms with Crippen molar-refractivity contribution in [2.24, 2.45) is 0 Å². The largest absolute Gasteiger partial charge is 0.497 e. The average Bonchev–Trinajstić information content (AvgIpc) is 2.97. The van der Waals surface area contributed by atoms with E-state index in [4.69, 9.17) is 9.47 Å². The van der Waals surface area contributed by atoms with Gasteiger partial charge in [0.2, 0.25) is 15.9 Å². The number of piperidine rings is 2. The Morgan fingerprint density at radius 1 is 0.897 bits per heavy atom. The summed E-state index contributed by atoms with van der Waals surface area (Å²) in [5, 5.41) is 1.78. The number of likely N-dealkylation sites (tertiary alicyclic amines) is 1. The highest BCUT2D eigenvalue weighted by atomic mass is 32.2. The number of amides is 1. The molecule has 3 aliphatic heterocycles. The number of piperazine rings is 1. The Balaban J connectivity index is 1.14. The molecule has 0 aliphatic carbocycles. The highest BCUT2D eigenvalue weighted by molar-refractivity contribution is 7.89. The Bertz CT molecular complexity index is 1240. The zero-order chi connectivity index (χ0) is 27.4. The minimum absolute atomic E-state index is 0.00355. The number of nitrogens with zero attached hydrogens (tertiary/aromatic N) is 4. The van der Waals surface area contributed by atoms with Gasteiger partial charge < -0.3 is 19.3 Å². The van der Waals surface area contributed by atoms with Gasteiger partial charge in [0.15, 0.2) is 0 Å². The standard InChI is InChI=1S/C29H42N4O5S/c1-30-13-10-25(11-14-30)31-15-17-32(18-16-31)29(34)22-38-21-26-5-3-4-12-33(26)39(35,36)28-9-7-23-19-27(37-2)8-6-24(23)20-28/h6-9,19-20,25-26H,3-5,10-18,21-22H2,1-2H3. The minimum atomic E-state index is -3.69. The van der Waals surface area contributed by atoms with Crippen molar-refractivity contribution in [2.45, 2.75) is 49.1 Å². The van der Waals surface area contributed by atoms with Crippen LogP contribution in [0.5, 0.6) is 5.75 Å². The van der Waals surface area contributed by atoms with Crippen LogP contribution in [-0.4, -0.2) is 119 Å². The number of carbonyl (C=O) groups excluding carboxylic acids is 1. The molecule has 9 nitrogen and oxygen atoms in total. The zero-order valence-corrected chi connectivity index (χ0v) is 24.1. The van der Waals surface area contributed by atoms with E-state index in [1.165, 1.54) is 12.8 Å². The summed E-state index contributed by atoms with van der Waals surface area (Å²) in [6.45, 7) is 6.24. The van der Waals surface area contributed by atoms with Crippen LogP contribution in [0, 0.1) is 0 Å². The van der Waals surface area contributed by atoms with E-state index in [1.807, 2.05) is 29.2 Å². The molecule has 0 spiro atoms. The summed E-state index contributed by atoms with van der Waals surface area (Å²) in [4.78, 5) is 20.0. The number of fused-ring (bicyclic) bond motifs is 1. The fraction of sp³-hybridized carbons (Fsp3) is 0.621. The smallest absolute Gasteiger partial charge is 0.248 e. The number of hydrogen-bond acceptors (Lipinski definition) is 7. The first-order valence-electron chi connectivity index (χ1n) is 14.2. The second kappa shape index (κ2) is 12.5. The Labute approximate surface area is 232 Å². The average molecular weight is 559 g/mol. The monoisotopic (exact) mass is 558 g/mol. The molecule has 3 heterocycles. The van der Waals surface area contributed by atoms with Gasteiger partial charge in [0.05, 0.1) is 18.6 Å². The maximum atomic E-state index is 13.7. The topological polar surface area (TPSA) is 82.6 Å². The van der Waals surface area contributed by atoms with Crippen LogP contribution in [0.2, 0.25) is 0 Å². The summed E-state index contributed by atoms with van der Waals surface area (Å²) in [7, 11) is 0.0994. The summed E-state index contributed by atoms with van der Waals surface area (Å²) in [5.41, 5.74) is 0. The fourth-order valence-electron chi connectivity index (χ4n) is 6.15. The first-order chi connectivity index (χ1) is 18.8. The van der Waals surface area contributed by atoms with E-state index in [0.717, 1.165) is 75.1 Å². The third kappa shape index (κ3) is 6.57. The third-order valence-corrected chi connectivity index (χ3v) is 10.6. The summed E-state index contributed by atoms with van der Waals surface area (Å²) < 4.78 is 40.0. The van der Waals surface area contributed by atoms with Crippen molar-refractivity contribution in [1.82, 2.24) is 19.0 Å². The number of ether oxygens (including phenoxy) is 2. The molecule has 0 bridgehead atoms. The number of rotatable bonds is 8. The minimum Gasteiger partial charge on any atom is -0.497 e. The molecule has 10 heteroatoms. The zero-order valence-electron chi connectivity index (χ0n) is 23.3. The number of benzene rings is 2. The van der Waals surface area contributed by atoms with E-state index in [-0.39, 0.29) is 30.1 Å². The predicted octanol–water partition coefficient (Wildman–Crippen LogP) is 2.65. The first kappa shape index (κ1) is 28.3. The number of carbonyl (C=O) groups is 1. The van der Waals surface area contributed by atoms with Crippen LogP contribution in [-0.2, 0) is 19.6 Å². The lowest BCUT2D eigenvalue weighted by molar-refractivity contribution is -0.138. The van der Waals surface area contributed by atoms with Crippen LogP contribution in [0.25, 0.3) is 10.8 Å². The van der Waals surface area contributed by atoms with E-state index in [2.05, 4.69) is 16.8 Å². The Morgan fingerprint density at radius 3 is 2.36 bits per heavy atom. The maximum Gasteiger partial charge on any atom is 0.248 e. The first-order valence-corrected chi connectivity index (χ1v) is 15.7. The Hall–Kier alpha value is -2.24. The molecule has 3 saturated heterocycles. The molecule has 2 aromatic carbocycles. The molecule has 0 aromatic heterocycles. The second-order valence-corrected chi connectivity index (χ2v) is 13.0. The molecule has 3 aliphatic rings. The van der Waals surface area contributed by atoms with Crippen molar-refractivity contribution in [2.75, 3.05) is 73.2 Å². The van der Waals surface area contributed by atoms with Crippen LogP contribution >= 0.6 is 0 Å². The van der Waals surface area contributed by atoms with E-state index in [1.54, 1.807) is 23.5 Å². The molecule has 0 radical (unpaired) electrons. The van der Waals surface area contributed by atoms with E-state index in [9.17, 15) is 13.2 Å². The molecule has 39 heavy (non-hydrogen) atoms. The van der Waals surface area contributed by atoms with Crippen LogP contribution in [0.15, 0.2) is 41.3 Å². The van der Waals surface area contributed by atoms with Crippen LogP contribution in [0.3, 0.4) is 0 Å². The molecule has 2 aromatic rings. The molecule has 1 atom stereocenters. The maximum absolute atomic E-state index is 13.7. The van der Waals surface area contributed by atoms with E-state index >= 15 is 0 Å². The molecule has 1 unspecified atom stereocenters. The molecule has 0 N–H and O–H groups in total. The van der Waals surface area contributed by atoms with Crippen molar-refractivity contribution in [3.05, 3.63) is 36.4 Å². The van der Waals surface area contributed by atoms with Gasteiger partial charge in [-0.2, -0.15) is 4.31 Å². The van der Waals surface area contributed by atoms with Gasteiger partial charge in [0, 0.05) is 44.8 Å². The molecule has 3 fully saturated rings. The van der Waals surface area contributed by atoms with Gasteiger partial charge >= 0.3 is 0 Å². The van der Waals surface area contributed by atoms with Gasteiger partial charge in [0.1, 0.15) is 12.4 Å². The van der Waals surface area contributed by atoms with Gasteiger partial charge in [-0.15, -0.1) is 0 Å². The SMILES string of the molecule is COc1ccc2cc(S(=O)(=O)N3CCCCC3COCC(=O)N3CCN(C4CCN(C)CC4)CC3)ccc2c1. The third-order valence-electron chi connectivity index (χ3n) is 8.61. The predicted molar refractivity (Wildman–Crippen MR) is 152 cm³/mol. The summed E-state index contributed by atoms with van der Waals surface area (Å²) in [6.07, 6.45) is 4.89. The molecule has 0 saturated carbocycles. The summed E-state index contributed by atoms with van der Waals surface area (Å²) in [6, 6.07) is 11.2. The van der Waals surface area contributed by atoms with Crippen molar-refractivity contribution in [1.29, 1.82) is 0 Å². The molecular formula is C29H42N4O5S. The van der Waals surface area contributed by atoms with Crippen molar-refractivity contribution in [3.63, 3.8) is 0 Å². The van der Waals surface area contributed by atoms with Crippen molar-refractivity contribution >= 4 is 26.7 Å². The molecule has 5 rings (SSSR count). The van der Waals surface area contributed by atoms with Gasteiger partial charge in [0.25, 0.3) is 0 Å². The summed E-state index contributed by atoms with van der Waals surface area (Å²) in [5.74, 6) is 0.730. The van der Waals surface area contributed by atoms with Crippen LogP contribution in [0.4, 0.5) is 0 Å². The normalized spacial score (nSPS) is 22.8.